The number of nitrogens with one attached hydrogen (secondary N) is 2. The van der Waals surface area contributed by atoms with Crippen LogP contribution >= 0.6 is 11.3 Å². The first kappa shape index (κ1) is 22.2. The maximum absolute atomic E-state index is 5.68. The van der Waals surface area contributed by atoms with Crippen molar-refractivity contribution in [2.75, 3.05) is 24.0 Å². The summed E-state index contributed by atoms with van der Waals surface area (Å²) in [5.41, 5.74) is 5.20. The molecule has 0 spiro atoms. The maximum atomic E-state index is 5.68. The minimum absolute atomic E-state index is 0.000347. The van der Waals surface area contributed by atoms with E-state index in [1.165, 1.54) is 0 Å². The largest absolute Gasteiger partial charge is 0.495 e. The Morgan fingerprint density at radius 1 is 1.25 bits per heavy atom. The molecule has 8 heteroatoms. The van der Waals surface area contributed by atoms with E-state index in [1.807, 2.05) is 4.68 Å². The Kier molecular flexibility index (Phi) is 6.15. The molecule has 3 aromatic rings. The predicted molar refractivity (Wildman–Crippen MR) is 133 cm³/mol. The van der Waals surface area contributed by atoms with Crippen molar-refractivity contribution in [3.8, 4) is 17.0 Å². The second-order valence-corrected chi connectivity index (χ2v) is 9.91. The van der Waals surface area contributed by atoms with Crippen LogP contribution in [0.1, 0.15) is 46.7 Å². The summed E-state index contributed by atoms with van der Waals surface area (Å²) in [4.78, 5) is 6.98. The van der Waals surface area contributed by atoms with Crippen molar-refractivity contribution < 1.29 is 4.74 Å². The molecule has 0 bridgehead atoms. The molecule has 0 unspecified atom stereocenters. The Bertz CT molecular complexity index is 1120. The van der Waals surface area contributed by atoms with Crippen LogP contribution < -0.4 is 20.3 Å². The lowest BCUT2D eigenvalue weighted by atomic mass is 9.92. The maximum Gasteiger partial charge on any atom is 0.188 e. The quantitative estimate of drug-likeness (QED) is 0.480. The molecule has 170 valence electrons. The van der Waals surface area contributed by atoms with E-state index in [9.17, 15) is 0 Å². The smallest absolute Gasteiger partial charge is 0.188 e. The predicted octanol–water partition coefficient (Wildman–Crippen LogP) is 5.69. The number of ether oxygens (including phenoxy) is 1. The molecular formula is C24H32N6OS. The van der Waals surface area contributed by atoms with Crippen LogP contribution in [0.2, 0.25) is 0 Å². The normalized spacial score (nSPS) is 13.8. The lowest BCUT2D eigenvalue weighted by molar-refractivity contribution is 0.415. The summed E-state index contributed by atoms with van der Waals surface area (Å²) in [5, 5.41) is 14.5. The zero-order chi connectivity index (χ0) is 22.9. The Hall–Kier alpha value is -3.00. The first-order valence-electron chi connectivity index (χ1n) is 11.0. The van der Waals surface area contributed by atoms with Gasteiger partial charge in [0.1, 0.15) is 11.6 Å². The van der Waals surface area contributed by atoms with Crippen molar-refractivity contribution in [2.24, 2.45) is 0 Å². The molecule has 2 aromatic heterocycles. The summed E-state index contributed by atoms with van der Waals surface area (Å²) >= 11 is 1.59. The van der Waals surface area contributed by atoms with E-state index in [0.717, 1.165) is 64.7 Å². The van der Waals surface area contributed by atoms with Gasteiger partial charge in [0.2, 0.25) is 0 Å². The Labute approximate surface area is 194 Å². The molecule has 0 fully saturated rings. The van der Waals surface area contributed by atoms with Crippen LogP contribution in [-0.4, -0.2) is 28.5 Å². The Morgan fingerprint density at radius 2 is 2.06 bits per heavy atom. The summed E-state index contributed by atoms with van der Waals surface area (Å²) in [7, 11) is 1.71. The Morgan fingerprint density at radius 3 is 2.72 bits per heavy atom. The number of hydrogen-bond donors (Lipinski definition) is 2. The first-order valence-corrected chi connectivity index (χ1v) is 11.8. The fourth-order valence-electron chi connectivity index (χ4n) is 3.60. The van der Waals surface area contributed by atoms with Gasteiger partial charge in [0.25, 0.3) is 0 Å². The van der Waals surface area contributed by atoms with Crippen LogP contribution in [-0.2, 0) is 12.0 Å². The Balaban J connectivity index is 1.57. The number of hydrogen-bond acceptors (Lipinski definition) is 7. The van der Waals surface area contributed by atoms with Gasteiger partial charge in [0.15, 0.2) is 5.13 Å². The van der Waals surface area contributed by atoms with Gasteiger partial charge in [-0.25, -0.2) is 9.67 Å². The summed E-state index contributed by atoms with van der Waals surface area (Å²) in [6.45, 7) is 12.4. The highest BCUT2D eigenvalue weighted by Crippen LogP contribution is 2.36. The van der Waals surface area contributed by atoms with Crippen molar-refractivity contribution in [3.63, 3.8) is 0 Å². The average Bonchev–Trinajstić information content (AvgIpc) is 3.48. The second-order valence-electron chi connectivity index (χ2n) is 9.05. The van der Waals surface area contributed by atoms with E-state index < -0.39 is 0 Å². The average molecular weight is 453 g/mol. The summed E-state index contributed by atoms with van der Waals surface area (Å²) in [5.74, 6) is 1.81. The molecule has 1 aromatic carbocycles. The SMILES string of the molecule is CCCn1nc(C(C)(C)C)cc1Nc1nc(-c2ccc(N3C=C(C)NC3)c(OC)c2)cs1. The van der Waals surface area contributed by atoms with Crippen molar-refractivity contribution in [1.29, 1.82) is 0 Å². The summed E-state index contributed by atoms with van der Waals surface area (Å²) < 4.78 is 7.73. The molecule has 0 saturated carbocycles. The van der Waals surface area contributed by atoms with Gasteiger partial charge < -0.3 is 20.3 Å². The molecule has 32 heavy (non-hydrogen) atoms. The lowest BCUT2D eigenvalue weighted by Gasteiger charge is -2.18. The van der Waals surface area contributed by atoms with Crippen molar-refractivity contribution in [1.82, 2.24) is 20.1 Å². The van der Waals surface area contributed by atoms with Gasteiger partial charge in [-0.2, -0.15) is 5.10 Å². The molecule has 3 heterocycles. The number of thiazole rings is 1. The highest BCUT2D eigenvalue weighted by atomic mass is 32.1. The van der Waals surface area contributed by atoms with Crippen LogP contribution in [0.5, 0.6) is 5.75 Å². The van der Waals surface area contributed by atoms with Crippen LogP contribution in [0.4, 0.5) is 16.6 Å². The van der Waals surface area contributed by atoms with Crippen LogP contribution in [0, 0.1) is 0 Å². The second kappa shape index (κ2) is 8.86. The fourth-order valence-corrected chi connectivity index (χ4v) is 4.33. The molecule has 1 aliphatic rings. The van der Waals surface area contributed by atoms with E-state index >= 15 is 0 Å². The number of aryl methyl sites for hydroxylation is 1. The van der Waals surface area contributed by atoms with Gasteiger partial charge in [0, 0.05) is 40.9 Å². The van der Waals surface area contributed by atoms with Crippen molar-refractivity contribution in [3.05, 3.63) is 47.2 Å². The molecule has 7 nitrogen and oxygen atoms in total. The molecule has 0 aliphatic carbocycles. The third-order valence-corrected chi connectivity index (χ3v) is 6.14. The van der Waals surface area contributed by atoms with Crippen LogP contribution in [0.3, 0.4) is 0 Å². The lowest BCUT2D eigenvalue weighted by Crippen LogP contribution is -2.20. The minimum Gasteiger partial charge on any atom is -0.495 e. The fraction of sp³-hybridized carbons (Fsp3) is 0.417. The number of methoxy groups -OCH3 is 1. The van der Waals surface area contributed by atoms with Crippen LogP contribution in [0.25, 0.3) is 11.3 Å². The van der Waals surface area contributed by atoms with E-state index in [1.54, 1.807) is 18.4 Å². The molecule has 4 rings (SSSR count). The molecular weight excluding hydrogens is 420 g/mol. The van der Waals surface area contributed by atoms with Gasteiger partial charge in [-0.3, -0.25) is 0 Å². The highest BCUT2D eigenvalue weighted by molar-refractivity contribution is 7.14. The number of benzene rings is 1. The van der Waals surface area contributed by atoms with E-state index in [0.29, 0.717) is 0 Å². The van der Waals surface area contributed by atoms with Gasteiger partial charge in [0.05, 0.1) is 30.9 Å². The number of aromatic nitrogens is 3. The van der Waals surface area contributed by atoms with E-state index in [-0.39, 0.29) is 5.41 Å². The standard InChI is InChI=1S/C24H32N6OS/c1-7-10-30-22(12-21(28-30)24(3,4)5)27-23-26-18(14-32-23)17-8-9-19(20(11-17)31-6)29-13-16(2)25-15-29/h8-9,11-14,25H,7,10,15H2,1-6H3,(H,26,27). The van der Waals surface area contributed by atoms with Gasteiger partial charge in [-0.1, -0.05) is 33.8 Å². The van der Waals surface area contributed by atoms with Crippen molar-refractivity contribution >= 4 is 28.0 Å². The number of allylic oxidation sites excluding steroid dienone is 1. The van der Waals surface area contributed by atoms with Crippen LogP contribution in [0.15, 0.2) is 41.5 Å². The topological polar surface area (TPSA) is 67.2 Å². The molecule has 2 N–H and O–H groups in total. The molecule has 1 aliphatic heterocycles. The number of anilines is 3. The molecule has 0 radical (unpaired) electrons. The van der Waals surface area contributed by atoms with Gasteiger partial charge in [-0.15, -0.1) is 11.3 Å². The summed E-state index contributed by atoms with van der Waals surface area (Å²) in [6.07, 6.45) is 3.12. The van der Waals surface area contributed by atoms with Gasteiger partial charge in [-0.05, 0) is 25.5 Å². The summed E-state index contributed by atoms with van der Waals surface area (Å²) in [6, 6.07) is 8.36. The number of nitrogens with zero attached hydrogens (tertiary/aromatic N) is 4. The highest BCUT2D eigenvalue weighted by Gasteiger charge is 2.21. The molecule has 0 saturated heterocycles. The third-order valence-electron chi connectivity index (χ3n) is 5.39. The van der Waals surface area contributed by atoms with E-state index in [4.69, 9.17) is 14.8 Å². The zero-order valence-electron chi connectivity index (χ0n) is 19.7. The van der Waals surface area contributed by atoms with Gasteiger partial charge >= 0.3 is 0 Å². The zero-order valence-corrected chi connectivity index (χ0v) is 20.5. The minimum atomic E-state index is 0.000347. The monoisotopic (exact) mass is 452 g/mol. The first-order chi connectivity index (χ1) is 15.3. The van der Waals surface area contributed by atoms with E-state index in [2.05, 4.69) is 86.0 Å². The number of rotatable bonds is 7. The molecule has 0 amide bonds. The van der Waals surface area contributed by atoms with Crippen molar-refractivity contribution in [2.45, 2.75) is 53.0 Å². The molecule has 0 atom stereocenters. The third kappa shape index (κ3) is 4.60.